The highest BCUT2D eigenvalue weighted by Crippen LogP contribution is 2.38. The highest BCUT2D eigenvalue weighted by atomic mass is 32.2. The summed E-state index contributed by atoms with van der Waals surface area (Å²) in [6.07, 6.45) is 1.28. The van der Waals surface area contributed by atoms with Crippen molar-refractivity contribution in [3.05, 3.63) is 52.1 Å². The smallest absolute Gasteiger partial charge is 0.271 e. The van der Waals surface area contributed by atoms with Crippen molar-refractivity contribution in [3.8, 4) is 11.5 Å². The highest BCUT2D eigenvalue weighted by molar-refractivity contribution is 7.93. The van der Waals surface area contributed by atoms with Crippen LogP contribution < -0.4 is 13.8 Å². The first-order valence-corrected chi connectivity index (χ1v) is 9.34. The zero-order chi connectivity index (χ0) is 18.9. The van der Waals surface area contributed by atoms with Crippen LogP contribution in [0.1, 0.15) is 12.0 Å². The quantitative estimate of drug-likeness (QED) is 0.586. The first-order valence-electron chi connectivity index (χ1n) is 7.90. The van der Waals surface area contributed by atoms with E-state index in [-0.39, 0.29) is 22.9 Å². The molecule has 2 aromatic rings. The Hall–Kier alpha value is -2.81. The summed E-state index contributed by atoms with van der Waals surface area (Å²) >= 11 is 0. The van der Waals surface area contributed by atoms with E-state index >= 15 is 0 Å². The molecule has 0 radical (unpaired) electrons. The molecule has 0 N–H and O–H groups in total. The number of methoxy groups -OCH3 is 2. The van der Waals surface area contributed by atoms with E-state index in [1.54, 1.807) is 12.1 Å². The summed E-state index contributed by atoms with van der Waals surface area (Å²) in [4.78, 5) is 10.5. The summed E-state index contributed by atoms with van der Waals surface area (Å²) < 4.78 is 38.1. The van der Waals surface area contributed by atoms with Crippen LogP contribution in [0.4, 0.5) is 11.4 Å². The number of ether oxygens (including phenoxy) is 2. The SMILES string of the molecule is COc1ccc(OC)c(S(=O)(=O)N2CCCc3ccc([N+](=O)[O-])cc32)c1. The average molecular weight is 378 g/mol. The molecule has 0 spiro atoms. The van der Waals surface area contributed by atoms with Crippen molar-refractivity contribution in [2.24, 2.45) is 0 Å². The summed E-state index contributed by atoms with van der Waals surface area (Å²) in [7, 11) is -1.16. The Bertz CT molecular complexity index is 958. The van der Waals surface area contributed by atoms with Crippen LogP contribution in [-0.2, 0) is 16.4 Å². The number of nitro groups is 1. The maximum absolute atomic E-state index is 13.3. The van der Waals surface area contributed by atoms with Gasteiger partial charge in [-0.05, 0) is 30.5 Å². The van der Waals surface area contributed by atoms with E-state index in [1.807, 2.05) is 0 Å². The van der Waals surface area contributed by atoms with Crippen LogP contribution in [0.15, 0.2) is 41.3 Å². The fourth-order valence-corrected chi connectivity index (χ4v) is 4.70. The lowest BCUT2D eigenvalue weighted by molar-refractivity contribution is -0.384. The molecule has 0 bridgehead atoms. The van der Waals surface area contributed by atoms with Gasteiger partial charge in [0.25, 0.3) is 15.7 Å². The molecular formula is C17H18N2O6S. The summed E-state index contributed by atoms with van der Waals surface area (Å²) in [5.74, 6) is 0.559. The average Bonchev–Trinajstić information content (AvgIpc) is 2.66. The van der Waals surface area contributed by atoms with Crippen molar-refractivity contribution in [2.45, 2.75) is 17.7 Å². The van der Waals surface area contributed by atoms with Crippen LogP contribution in [-0.4, -0.2) is 34.1 Å². The minimum atomic E-state index is -3.99. The molecule has 0 saturated carbocycles. The summed E-state index contributed by atoms with van der Waals surface area (Å²) in [6, 6.07) is 8.81. The van der Waals surface area contributed by atoms with Crippen molar-refractivity contribution in [1.82, 2.24) is 0 Å². The van der Waals surface area contributed by atoms with Gasteiger partial charge in [0.05, 0.1) is 24.8 Å². The summed E-state index contributed by atoms with van der Waals surface area (Å²) in [5.41, 5.74) is 0.936. The van der Waals surface area contributed by atoms with Gasteiger partial charge in [0.2, 0.25) is 0 Å². The van der Waals surface area contributed by atoms with Gasteiger partial charge in [0.15, 0.2) is 0 Å². The van der Waals surface area contributed by atoms with E-state index in [4.69, 9.17) is 9.47 Å². The van der Waals surface area contributed by atoms with E-state index in [0.29, 0.717) is 24.3 Å². The van der Waals surface area contributed by atoms with E-state index in [1.165, 1.54) is 42.8 Å². The van der Waals surface area contributed by atoms with Crippen LogP contribution in [0.25, 0.3) is 0 Å². The predicted octanol–water partition coefficient (Wildman–Crippen LogP) is 2.75. The number of fused-ring (bicyclic) bond motifs is 1. The minimum Gasteiger partial charge on any atom is -0.497 e. The van der Waals surface area contributed by atoms with Crippen molar-refractivity contribution in [2.75, 3.05) is 25.1 Å². The molecule has 138 valence electrons. The van der Waals surface area contributed by atoms with Gasteiger partial charge in [-0.3, -0.25) is 14.4 Å². The number of benzene rings is 2. The van der Waals surface area contributed by atoms with Gasteiger partial charge in [-0.2, -0.15) is 0 Å². The summed E-state index contributed by atoms with van der Waals surface area (Å²) in [5, 5.41) is 11.1. The Morgan fingerprint density at radius 1 is 1.12 bits per heavy atom. The topological polar surface area (TPSA) is 99.0 Å². The third kappa shape index (κ3) is 3.05. The number of non-ortho nitro benzene ring substituents is 1. The maximum atomic E-state index is 13.3. The zero-order valence-corrected chi connectivity index (χ0v) is 15.2. The zero-order valence-electron chi connectivity index (χ0n) is 14.3. The molecule has 0 atom stereocenters. The Labute approximate surface area is 151 Å². The molecule has 9 heteroatoms. The minimum absolute atomic E-state index is 0.0429. The number of rotatable bonds is 5. The van der Waals surface area contributed by atoms with Gasteiger partial charge in [-0.25, -0.2) is 8.42 Å². The van der Waals surface area contributed by atoms with E-state index < -0.39 is 14.9 Å². The van der Waals surface area contributed by atoms with Crippen LogP contribution in [0.3, 0.4) is 0 Å². The number of nitrogens with zero attached hydrogens (tertiary/aromatic N) is 2. The van der Waals surface area contributed by atoms with Crippen LogP contribution in [0, 0.1) is 10.1 Å². The third-order valence-electron chi connectivity index (χ3n) is 4.29. The standard InChI is InChI=1S/C17H18N2O6S/c1-24-14-7-8-16(25-2)17(11-14)26(22,23)18-9-3-4-12-5-6-13(19(20)21)10-15(12)18/h5-8,10-11H,3-4,9H2,1-2H3. The van der Waals surface area contributed by atoms with E-state index in [2.05, 4.69) is 0 Å². The second-order valence-corrected chi connectivity index (χ2v) is 7.60. The number of hydrogen-bond donors (Lipinski definition) is 0. The van der Waals surface area contributed by atoms with E-state index in [9.17, 15) is 18.5 Å². The molecule has 3 rings (SSSR count). The second kappa shape index (κ2) is 6.83. The molecule has 0 fully saturated rings. The lowest BCUT2D eigenvalue weighted by Gasteiger charge is -2.30. The van der Waals surface area contributed by atoms with Gasteiger partial charge < -0.3 is 9.47 Å². The van der Waals surface area contributed by atoms with Crippen molar-refractivity contribution in [3.63, 3.8) is 0 Å². The number of aryl methyl sites for hydroxylation is 1. The van der Waals surface area contributed by atoms with Gasteiger partial charge >= 0.3 is 0 Å². The molecule has 8 nitrogen and oxygen atoms in total. The van der Waals surface area contributed by atoms with Crippen LogP contribution >= 0.6 is 0 Å². The molecule has 0 unspecified atom stereocenters. The largest absolute Gasteiger partial charge is 0.497 e. The number of nitro benzene ring substituents is 1. The molecule has 0 amide bonds. The summed E-state index contributed by atoms with van der Waals surface area (Å²) in [6.45, 7) is 0.233. The number of sulfonamides is 1. The Balaban J connectivity index is 2.16. The molecule has 26 heavy (non-hydrogen) atoms. The molecule has 2 aromatic carbocycles. The number of anilines is 1. The fraction of sp³-hybridized carbons (Fsp3) is 0.294. The first-order chi connectivity index (χ1) is 12.4. The molecule has 1 heterocycles. The molecule has 1 aliphatic heterocycles. The highest BCUT2D eigenvalue weighted by Gasteiger charge is 2.33. The lowest BCUT2D eigenvalue weighted by Crippen LogP contribution is -2.35. The van der Waals surface area contributed by atoms with Crippen molar-refractivity contribution < 1.29 is 22.8 Å². The first kappa shape index (κ1) is 18.0. The Morgan fingerprint density at radius 2 is 1.88 bits per heavy atom. The predicted molar refractivity (Wildman–Crippen MR) is 95.5 cm³/mol. The molecule has 0 aromatic heterocycles. The van der Waals surface area contributed by atoms with Crippen molar-refractivity contribution >= 4 is 21.4 Å². The van der Waals surface area contributed by atoms with Crippen LogP contribution in [0.2, 0.25) is 0 Å². The van der Waals surface area contributed by atoms with Gasteiger partial charge in [0.1, 0.15) is 16.4 Å². The van der Waals surface area contributed by atoms with E-state index in [0.717, 1.165) is 5.56 Å². The van der Waals surface area contributed by atoms with Gasteiger partial charge in [-0.15, -0.1) is 0 Å². The number of hydrogen-bond acceptors (Lipinski definition) is 6. The van der Waals surface area contributed by atoms with Crippen LogP contribution in [0.5, 0.6) is 11.5 Å². The Kier molecular flexibility index (Phi) is 4.73. The Morgan fingerprint density at radius 3 is 2.54 bits per heavy atom. The fourth-order valence-electron chi connectivity index (χ4n) is 3.00. The lowest BCUT2D eigenvalue weighted by atomic mass is 10.0. The second-order valence-electron chi connectivity index (χ2n) is 5.77. The third-order valence-corrected chi connectivity index (χ3v) is 6.13. The monoisotopic (exact) mass is 378 g/mol. The molecule has 0 saturated heterocycles. The van der Waals surface area contributed by atoms with Crippen molar-refractivity contribution in [1.29, 1.82) is 0 Å². The maximum Gasteiger partial charge on any atom is 0.271 e. The molecule has 1 aliphatic rings. The van der Waals surface area contributed by atoms with Gasteiger partial charge in [-0.1, -0.05) is 6.07 Å². The molecular weight excluding hydrogens is 360 g/mol. The normalized spacial score (nSPS) is 13.8. The molecule has 0 aliphatic carbocycles. The van der Waals surface area contributed by atoms with Gasteiger partial charge in [0, 0.05) is 24.7 Å².